The largest absolute Gasteiger partial charge is 0.463 e. The molecule has 0 fully saturated rings. The van der Waals surface area contributed by atoms with Crippen molar-refractivity contribution in [3.05, 3.63) is 58.7 Å². The topological polar surface area (TPSA) is 114 Å². The Morgan fingerprint density at radius 2 is 1.22 bits per heavy atom. The number of amides is 1. The molecule has 8 heteroatoms. The Bertz CT molecular complexity index is 1290. The van der Waals surface area contributed by atoms with E-state index in [0.717, 1.165) is 19.3 Å². The van der Waals surface area contributed by atoms with E-state index in [-0.39, 0.29) is 36.1 Å². The van der Waals surface area contributed by atoms with E-state index in [1.54, 1.807) is 36.4 Å². The van der Waals surface area contributed by atoms with Crippen LogP contribution in [-0.4, -0.2) is 49.2 Å². The standard InChI is InChI=1S/C38H55N3O5/c1-4-6-7-8-9-10-11-12-13-14-15-16-17-24-34(43)46-27-29(5-2)41-33-23-19-21-31-36(33)38(45)30-20-18-22-32(35(30)37(31)44)40-26-25-39-28(3)42/h18-23,29,40-41H,4-17,24-27H2,1-3H3,(H,39,42). The van der Waals surface area contributed by atoms with Gasteiger partial charge in [0.05, 0.1) is 17.2 Å². The number of carbonyl (C=O) groups excluding carboxylic acids is 4. The average Bonchev–Trinajstić information content (AvgIpc) is 3.05. The number of ketones is 2. The quantitative estimate of drug-likeness (QED) is 0.0712. The molecule has 0 spiro atoms. The van der Waals surface area contributed by atoms with Gasteiger partial charge in [-0.15, -0.1) is 0 Å². The minimum absolute atomic E-state index is 0.132. The van der Waals surface area contributed by atoms with Gasteiger partial charge >= 0.3 is 5.97 Å². The number of ether oxygens (including phenoxy) is 1. The van der Waals surface area contributed by atoms with Crippen LogP contribution >= 0.6 is 0 Å². The molecular weight excluding hydrogens is 578 g/mol. The van der Waals surface area contributed by atoms with Crippen LogP contribution in [0, 0.1) is 0 Å². The number of anilines is 2. The Morgan fingerprint density at radius 1 is 0.696 bits per heavy atom. The van der Waals surface area contributed by atoms with Crippen LogP contribution in [0.3, 0.4) is 0 Å². The van der Waals surface area contributed by atoms with Crippen LogP contribution in [0.4, 0.5) is 11.4 Å². The second kappa shape index (κ2) is 20.4. The molecule has 0 bridgehead atoms. The first-order valence-electron chi connectivity index (χ1n) is 17.6. The Hall–Kier alpha value is -3.68. The zero-order chi connectivity index (χ0) is 33.1. The summed E-state index contributed by atoms with van der Waals surface area (Å²) in [5, 5.41) is 9.27. The van der Waals surface area contributed by atoms with Crippen molar-refractivity contribution >= 4 is 34.8 Å². The molecule has 8 nitrogen and oxygen atoms in total. The SMILES string of the molecule is CCCCCCCCCCCCCCCC(=O)OCC(CC)Nc1cccc2c1C(=O)c1cccc(NCCNC(C)=O)c1C2=O. The van der Waals surface area contributed by atoms with Crippen molar-refractivity contribution in [3.8, 4) is 0 Å². The molecule has 1 atom stereocenters. The number of carbonyl (C=O) groups is 4. The molecule has 2 aromatic carbocycles. The summed E-state index contributed by atoms with van der Waals surface area (Å²) in [4.78, 5) is 51.0. The van der Waals surface area contributed by atoms with Gasteiger partial charge in [-0.1, -0.05) is 115 Å². The van der Waals surface area contributed by atoms with E-state index in [1.165, 1.54) is 71.1 Å². The first-order chi connectivity index (χ1) is 22.4. The highest BCUT2D eigenvalue weighted by atomic mass is 16.5. The first kappa shape index (κ1) is 36.8. The van der Waals surface area contributed by atoms with Crippen molar-refractivity contribution in [2.45, 2.75) is 123 Å². The van der Waals surface area contributed by atoms with Gasteiger partial charge in [0, 0.05) is 48.9 Å². The molecule has 252 valence electrons. The second-order valence-electron chi connectivity index (χ2n) is 12.4. The number of rotatable bonds is 23. The maximum absolute atomic E-state index is 13.7. The number of nitrogens with one attached hydrogen (secondary N) is 3. The van der Waals surface area contributed by atoms with Crippen molar-refractivity contribution in [3.63, 3.8) is 0 Å². The summed E-state index contributed by atoms with van der Waals surface area (Å²) in [6, 6.07) is 10.2. The fraction of sp³-hybridized carbons (Fsp3) is 0.579. The van der Waals surface area contributed by atoms with Crippen LogP contribution < -0.4 is 16.0 Å². The number of esters is 1. The van der Waals surface area contributed by atoms with Crippen molar-refractivity contribution in [1.29, 1.82) is 0 Å². The molecule has 0 saturated heterocycles. The van der Waals surface area contributed by atoms with E-state index in [2.05, 4.69) is 22.9 Å². The number of fused-ring (bicyclic) bond motifs is 2. The van der Waals surface area contributed by atoms with E-state index < -0.39 is 0 Å². The van der Waals surface area contributed by atoms with E-state index >= 15 is 0 Å². The van der Waals surface area contributed by atoms with E-state index in [4.69, 9.17) is 4.74 Å². The summed E-state index contributed by atoms with van der Waals surface area (Å²) in [7, 11) is 0. The molecule has 0 saturated carbocycles. The van der Waals surface area contributed by atoms with Crippen molar-refractivity contribution < 1.29 is 23.9 Å². The number of hydrogen-bond acceptors (Lipinski definition) is 7. The Kier molecular flexibility index (Phi) is 16.3. The summed E-state index contributed by atoms with van der Waals surface area (Å²) in [6.07, 6.45) is 17.5. The third-order valence-corrected chi connectivity index (χ3v) is 8.67. The van der Waals surface area contributed by atoms with Gasteiger partial charge in [0.15, 0.2) is 11.6 Å². The molecule has 0 aromatic heterocycles. The molecule has 1 unspecified atom stereocenters. The molecule has 1 aliphatic carbocycles. The fourth-order valence-electron chi connectivity index (χ4n) is 5.98. The van der Waals surface area contributed by atoms with Gasteiger partial charge in [0.1, 0.15) is 6.61 Å². The Morgan fingerprint density at radius 3 is 1.76 bits per heavy atom. The third-order valence-electron chi connectivity index (χ3n) is 8.67. The maximum atomic E-state index is 13.7. The number of hydrogen-bond donors (Lipinski definition) is 3. The summed E-state index contributed by atoms with van der Waals surface area (Å²) in [5.41, 5.74) is 2.49. The lowest BCUT2D eigenvalue weighted by Crippen LogP contribution is -2.30. The summed E-state index contributed by atoms with van der Waals surface area (Å²) in [6.45, 7) is 6.71. The average molecular weight is 634 g/mol. The monoisotopic (exact) mass is 633 g/mol. The molecule has 1 amide bonds. The maximum Gasteiger partial charge on any atom is 0.305 e. The molecule has 3 N–H and O–H groups in total. The first-order valence-corrected chi connectivity index (χ1v) is 17.6. The van der Waals surface area contributed by atoms with Crippen molar-refractivity contribution in [1.82, 2.24) is 5.32 Å². The van der Waals surface area contributed by atoms with Crippen LogP contribution in [0.25, 0.3) is 0 Å². The smallest absolute Gasteiger partial charge is 0.305 e. The van der Waals surface area contributed by atoms with Crippen LogP contribution in [0.1, 0.15) is 149 Å². The second-order valence-corrected chi connectivity index (χ2v) is 12.4. The molecule has 46 heavy (non-hydrogen) atoms. The van der Waals surface area contributed by atoms with Gasteiger partial charge in [0.2, 0.25) is 5.91 Å². The van der Waals surface area contributed by atoms with Crippen LogP contribution in [0.5, 0.6) is 0 Å². The lowest BCUT2D eigenvalue weighted by Gasteiger charge is -2.25. The minimum Gasteiger partial charge on any atom is -0.463 e. The highest BCUT2D eigenvalue weighted by molar-refractivity contribution is 6.31. The van der Waals surface area contributed by atoms with Gasteiger partial charge in [-0.25, -0.2) is 0 Å². The lowest BCUT2D eigenvalue weighted by atomic mass is 9.82. The summed E-state index contributed by atoms with van der Waals surface area (Å²) in [5.74, 6) is -0.787. The van der Waals surface area contributed by atoms with E-state index in [9.17, 15) is 19.2 Å². The summed E-state index contributed by atoms with van der Waals surface area (Å²) >= 11 is 0. The lowest BCUT2D eigenvalue weighted by molar-refractivity contribution is -0.144. The minimum atomic E-state index is -0.229. The van der Waals surface area contributed by atoms with Crippen LogP contribution in [0.15, 0.2) is 36.4 Å². The number of benzene rings is 2. The molecule has 0 radical (unpaired) electrons. The third kappa shape index (κ3) is 11.6. The normalized spacial score (nSPS) is 12.7. The van der Waals surface area contributed by atoms with E-state index in [1.807, 2.05) is 6.92 Å². The van der Waals surface area contributed by atoms with Gasteiger partial charge in [0.25, 0.3) is 0 Å². The Labute approximate surface area is 275 Å². The van der Waals surface area contributed by atoms with Crippen LogP contribution in [0.2, 0.25) is 0 Å². The zero-order valence-corrected chi connectivity index (χ0v) is 28.3. The Balaban J connectivity index is 1.43. The van der Waals surface area contributed by atoms with Crippen molar-refractivity contribution in [2.24, 2.45) is 0 Å². The summed E-state index contributed by atoms with van der Waals surface area (Å²) < 4.78 is 5.61. The van der Waals surface area contributed by atoms with Gasteiger partial charge in [-0.3, -0.25) is 19.2 Å². The molecular formula is C38H55N3O5. The predicted molar refractivity (Wildman–Crippen MR) is 186 cm³/mol. The highest BCUT2D eigenvalue weighted by Crippen LogP contribution is 2.35. The molecule has 3 rings (SSSR count). The van der Waals surface area contributed by atoms with Gasteiger partial charge < -0.3 is 20.7 Å². The van der Waals surface area contributed by atoms with Crippen LogP contribution in [-0.2, 0) is 14.3 Å². The molecule has 0 aliphatic heterocycles. The molecule has 0 heterocycles. The highest BCUT2D eigenvalue weighted by Gasteiger charge is 2.33. The number of unbranched alkanes of at least 4 members (excludes halogenated alkanes) is 12. The predicted octanol–water partition coefficient (Wildman–Crippen LogP) is 8.23. The van der Waals surface area contributed by atoms with Gasteiger partial charge in [-0.05, 0) is 25.0 Å². The van der Waals surface area contributed by atoms with Gasteiger partial charge in [-0.2, -0.15) is 0 Å². The molecule has 2 aromatic rings. The molecule has 1 aliphatic rings. The fourth-order valence-corrected chi connectivity index (χ4v) is 5.98. The zero-order valence-electron chi connectivity index (χ0n) is 28.3. The van der Waals surface area contributed by atoms with E-state index in [0.29, 0.717) is 59.6 Å². The van der Waals surface area contributed by atoms with Crippen molar-refractivity contribution in [2.75, 3.05) is 30.3 Å².